The number of aliphatic hydroxyl groups excluding tert-OH is 1. The van der Waals surface area contributed by atoms with Gasteiger partial charge in [-0.25, -0.2) is 19.7 Å². The molecule has 2 aliphatic heterocycles. The van der Waals surface area contributed by atoms with Gasteiger partial charge in [-0.3, -0.25) is 29.2 Å². The minimum Gasteiger partial charge on any atom is -0.455 e. The zero-order valence-corrected chi connectivity index (χ0v) is 50.4. The molecule has 0 radical (unpaired) electrons. The van der Waals surface area contributed by atoms with Crippen LogP contribution in [-0.4, -0.2) is 101 Å². The fraction of sp³-hybridized carbons (Fsp3) is 0.444. The lowest BCUT2D eigenvalue weighted by Gasteiger charge is -2.35. The van der Waals surface area contributed by atoms with E-state index in [2.05, 4.69) is 36.9 Å². The van der Waals surface area contributed by atoms with Gasteiger partial charge in [0.05, 0.1) is 44.1 Å². The van der Waals surface area contributed by atoms with Gasteiger partial charge in [0.1, 0.15) is 23.5 Å². The van der Waals surface area contributed by atoms with Gasteiger partial charge in [-0.05, 0) is 126 Å². The Hall–Kier alpha value is -7.35. The Bertz CT molecular complexity index is 3450. The van der Waals surface area contributed by atoms with Crippen molar-refractivity contribution in [3.63, 3.8) is 0 Å². The normalized spacial score (nSPS) is 16.2. The number of rotatable bonds is 19. The molecule has 4 amide bonds. The van der Waals surface area contributed by atoms with E-state index in [1.807, 2.05) is 152 Å². The Morgan fingerprint density at radius 1 is 0.841 bits per heavy atom. The fourth-order valence-electron chi connectivity index (χ4n) is 11.0. The highest BCUT2D eigenvalue weighted by Crippen LogP contribution is 2.36. The second-order valence-corrected chi connectivity index (χ2v) is 25.7. The number of aryl methyl sites for hydroxylation is 3. The van der Waals surface area contributed by atoms with Gasteiger partial charge < -0.3 is 30.3 Å². The zero-order valence-electron chi connectivity index (χ0n) is 48.7. The summed E-state index contributed by atoms with van der Waals surface area (Å²) in [5, 5.41) is 25.3. The standard InChI is InChI=1S/C63H76N10O7S2/c1-37(41-24-26-43(27-25-41)55-39(3)64-36-81-55)65-58(77)49-33-44(74)34-72(49)59(78)56(62(5,6)7)68-52(75)23-14-12-11-13-17-31-73-40(4)53(38(2)70-73)46-28-29-51(67-54(46)60(79)80-63(8,9)10)71-32-30-42-19-18-20-45(47(42)35-71)57(76)69-61-66-48-21-15-16-22-50(48)82-61/h15-16,18-22,24-29,36-37,44,49,56,74H,11-14,17,23,30-35H2,1-10H3,(H,65,77)(H,68,75)(H,66,69,76)/t37-,44+,49-,56+/m0/s1. The van der Waals surface area contributed by atoms with Crippen LogP contribution in [0.3, 0.4) is 0 Å². The van der Waals surface area contributed by atoms with Crippen molar-refractivity contribution in [1.82, 2.24) is 40.3 Å². The topological polar surface area (TPSA) is 214 Å². The van der Waals surface area contributed by atoms with E-state index in [4.69, 9.17) is 14.8 Å². The summed E-state index contributed by atoms with van der Waals surface area (Å²) in [7, 11) is 0. The number of β-amino-alcohol motifs (C(OH)–C–C–N with tert-alkyl or cyclic N) is 1. The highest BCUT2D eigenvalue weighted by atomic mass is 32.1. The number of nitrogens with zero attached hydrogens (tertiary/aromatic N) is 7. The average molecular weight is 1150 g/mol. The van der Waals surface area contributed by atoms with Crippen LogP contribution in [0.15, 0.2) is 84.4 Å². The molecule has 0 saturated carbocycles. The van der Waals surface area contributed by atoms with Crippen LogP contribution in [0.2, 0.25) is 0 Å². The summed E-state index contributed by atoms with van der Waals surface area (Å²) in [6.07, 6.45) is 4.26. The number of unbranched alkanes of at least 4 members (excludes halogenated alkanes) is 4. The molecule has 4 aromatic heterocycles. The van der Waals surface area contributed by atoms with E-state index in [-0.39, 0.29) is 54.8 Å². The summed E-state index contributed by atoms with van der Waals surface area (Å²) in [6, 6.07) is 23.3. The lowest BCUT2D eigenvalue weighted by molar-refractivity contribution is -0.144. The van der Waals surface area contributed by atoms with E-state index in [0.717, 1.165) is 85.7 Å². The molecule has 0 bridgehead atoms. The molecule has 3 aromatic carbocycles. The van der Waals surface area contributed by atoms with Gasteiger partial charge in [-0.2, -0.15) is 5.10 Å². The van der Waals surface area contributed by atoms with Crippen LogP contribution in [0, 0.1) is 26.2 Å². The molecular weight excluding hydrogens is 1070 g/mol. The van der Waals surface area contributed by atoms with Crippen molar-refractivity contribution in [2.24, 2.45) is 5.41 Å². The number of aliphatic hydroxyl groups is 1. The largest absolute Gasteiger partial charge is 0.455 e. The predicted octanol–water partition coefficient (Wildman–Crippen LogP) is 11.1. The lowest BCUT2D eigenvalue weighted by Crippen LogP contribution is -2.57. The SMILES string of the molecule is Cc1ncsc1-c1ccc([C@H](C)NC(=O)[C@@H]2C[C@@H](O)CN2C(=O)[C@@H](NC(=O)CCCCCCCn2nc(C)c(-c3ccc(N4CCc5cccc(C(=O)Nc6nc7ccccc7s6)c5C4)nc3C(=O)OC(C)(C)C)c2C)C(C)(C)C)cc1. The number of likely N-dealkylation sites (tertiary alicyclic amines) is 1. The number of pyridine rings is 1. The first-order valence-electron chi connectivity index (χ1n) is 28.4. The molecule has 7 aromatic rings. The summed E-state index contributed by atoms with van der Waals surface area (Å²) in [6.45, 7) is 20.7. The maximum atomic E-state index is 14.3. The Morgan fingerprint density at radius 2 is 1.59 bits per heavy atom. The van der Waals surface area contributed by atoms with E-state index < -0.39 is 35.2 Å². The molecule has 432 valence electrons. The van der Waals surface area contributed by atoms with Crippen molar-refractivity contribution in [2.45, 2.75) is 164 Å². The molecule has 2 aliphatic rings. The summed E-state index contributed by atoms with van der Waals surface area (Å²) in [5.41, 5.74) is 10.0. The molecule has 82 heavy (non-hydrogen) atoms. The first-order valence-corrected chi connectivity index (χ1v) is 30.1. The predicted molar refractivity (Wildman–Crippen MR) is 323 cm³/mol. The van der Waals surface area contributed by atoms with Crippen molar-refractivity contribution in [3.05, 3.63) is 129 Å². The van der Waals surface area contributed by atoms with Crippen molar-refractivity contribution >= 4 is 73.4 Å². The van der Waals surface area contributed by atoms with Crippen molar-refractivity contribution in [3.8, 4) is 21.6 Å². The number of benzene rings is 3. The molecular formula is C63H76N10O7S2. The molecule has 0 aliphatic carbocycles. The summed E-state index contributed by atoms with van der Waals surface area (Å²) in [4.78, 5) is 88.1. The van der Waals surface area contributed by atoms with Gasteiger partial charge in [0.15, 0.2) is 10.8 Å². The molecule has 0 unspecified atom stereocenters. The third-order valence-corrected chi connectivity index (χ3v) is 17.2. The molecule has 17 nitrogen and oxygen atoms in total. The Balaban J connectivity index is 0.780. The zero-order chi connectivity index (χ0) is 58.6. The number of carbonyl (C=O) groups excluding carboxylic acids is 5. The summed E-state index contributed by atoms with van der Waals surface area (Å²) in [5.74, 6) is -1.14. The lowest BCUT2D eigenvalue weighted by atomic mass is 9.85. The van der Waals surface area contributed by atoms with Crippen LogP contribution in [0.5, 0.6) is 0 Å². The average Bonchev–Trinajstić information content (AvgIpc) is 3.86. The number of aromatic nitrogens is 5. The van der Waals surface area contributed by atoms with Gasteiger partial charge in [0.25, 0.3) is 5.91 Å². The highest BCUT2D eigenvalue weighted by molar-refractivity contribution is 7.22. The number of anilines is 2. The smallest absolute Gasteiger partial charge is 0.358 e. The van der Waals surface area contributed by atoms with Crippen LogP contribution in [0.4, 0.5) is 10.9 Å². The molecule has 1 fully saturated rings. The maximum Gasteiger partial charge on any atom is 0.358 e. The minimum absolute atomic E-state index is 0.00148. The number of hydrogen-bond donors (Lipinski definition) is 4. The third kappa shape index (κ3) is 13.8. The van der Waals surface area contributed by atoms with Crippen molar-refractivity contribution < 1.29 is 33.8 Å². The fourth-order valence-corrected chi connectivity index (χ4v) is 12.7. The quantitative estimate of drug-likeness (QED) is 0.0440. The number of hydrogen-bond acceptors (Lipinski definition) is 14. The molecule has 6 heterocycles. The number of amides is 4. The number of thiazole rings is 2. The summed E-state index contributed by atoms with van der Waals surface area (Å²) < 4.78 is 8.95. The van der Waals surface area contributed by atoms with Gasteiger partial charge in [-0.15, -0.1) is 11.3 Å². The third-order valence-electron chi connectivity index (χ3n) is 15.3. The van der Waals surface area contributed by atoms with Crippen LogP contribution < -0.4 is 20.9 Å². The van der Waals surface area contributed by atoms with Gasteiger partial charge in [0.2, 0.25) is 17.7 Å². The van der Waals surface area contributed by atoms with Crippen LogP contribution in [0.1, 0.15) is 154 Å². The molecule has 19 heteroatoms. The molecule has 0 spiro atoms. The monoisotopic (exact) mass is 1150 g/mol. The first kappa shape index (κ1) is 59.3. The second kappa shape index (κ2) is 25.0. The number of nitrogens with one attached hydrogen (secondary N) is 3. The van der Waals surface area contributed by atoms with Crippen molar-refractivity contribution in [2.75, 3.05) is 23.3 Å². The van der Waals surface area contributed by atoms with E-state index in [0.29, 0.717) is 54.6 Å². The second-order valence-electron chi connectivity index (χ2n) is 23.8. The van der Waals surface area contributed by atoms with Crippen LogP contribution >= 0.6 is 22.7 Å². The number of esters is 1. The molecule has 9 rings (SSSR count). The van der Waals surface area contributed by atoms with E-state index in [9.17, 15) is 29.1 Å². The van der Waals surface area contributed by atoms with Crippen LogP contribution in [0.25, 0.3) is 31.8 Å². The number of carbonyl (C=O) groups is 5. The number of fused-ring (bicyclic) bond motifs is 2. The van der Waals surface area contributed by atoms with E-state index in [1.54, 1.807) is 11.3 Å². The van der Waals surface area contributed by atoms with E-state index >= 15 is 0 Å². The van der Waals surface area contributed by atoms with E-state index in [1.165, 1.54) is 16.2 Å². The number of ether oxygens (including phenoxy) is 1. The Morgan fingerprint density at radius 3 is 2.30 bits per heavy atom. The van der Waals surface area contributed by atoms with Gasteiger partial charge in [-0.1, -0.05) is 99.9 Å². The Kier molecular flexibility index (Phi) is 18.1. The first-order chi connectivity index (χ1) is 39.0. The van der Waals surface area contributed by atoms with Crippen LogP contribution in [-0.2, 0) is 38.6 Å². The van der Waals surface area contributed by atoms with Gasteiger partial charge in [0, 0.05) is 61.4 Å². The van der Waals surface area contributed by atoms with Crippen molar-refractivity contribution in [1.29, 1.82) is 0 Å². The molecule has 4 N–H and O–H groups in total. The Labute approximate surface area is 488 Å². The highest BCUT2D eigenvalue weighted by Gasteiger charge is 2.45. The maximum absolute atomic E-state index is 14.3. The number of para-hydroxylation sites is 1. The minimum atomic E-state index is -0.903. The summed E-state index contributed by atoms with van der Waals surface area (Å²) >= 11 is 3.01. The molecule has 4 atom stereocenters. The van der Waals surface area contributed by atoms with Gasteiger partial charge >= 0.3 is 5.97 Å². The molecule has 1 saturated heterocycles.